The standard InChI is InChI=1S/C8H10N4O6S/c13-5-6(10-11-8(16)9-5)19(17,18)12-3-1-2-4(12)7(14)15/h4H,1-3H2,(H,14,15)(H2,9,11,13,16)/p-1/t4-/m0/s1. The first-order chi connectivity index (χ1) is 8.84. The van der Waals surface area contributed by atoms with Gasteiger partial charge in [-0.15, -0.1) is 0 Å². The highest BCUT2D eigenvalue weighted by atomic mass is 32.2. The number of carboxylic acid groups (broad SMARTS) is 1. The van der Waals surface area contributed by atoms with Crippen molar-refractivity contribution in [1.82, 2.24) is 19.5 Å². The Morgan fingerprint density at radius 3 is 2.68 bits per heavy atom. The number of carbonyl (C=O) groups is 1. The summed E-state index contributed by atoms with van der Waals surface area (Å²) in [5.41, 5.74) is -2.16. The molecule has 0 unspecified atom stereocenters. The first-order valence-electron chi connectivity index (χ1n) is 5.26. The maximum atomic E-state index is 12.1. The van der Waals surface area contributed by atoms with Crippen molar-refractivity contribution in [2.75, 3.05) is 6.54 Å². The minimum atomic E-state index is -4.39. The van der Waals surface area contributed by atoms with Crippen LogP contribution in [0.2, 0.25) is 0 Å². The van der Waals surface area contributed by atoms with E-state index in [2.05, 4.69) is 5.10 Å². The normalized spacial score (nSPS) is 20.5. The third-order valence-corrected chi connectivity index (χ3v) is 4.53. The van der Waals surface area contributed by atoms with Crippen molar-refractivity contribution in [2.45, 2.75) is 23.9 Å². The van der Waals surface area contributed by atoms with E-state index in [-0.39, 0.29) is 13.0 Å². The van der Waals surface area contributed by atoms with Crippen LogP contribution < -0.4 is 16.4 Å². The summed E-state index contributed by atoms with van der Waals surface area (Å²) in [6, 6.07) is -1.34. The molecule has 10 nitrogen and oxygen atoms in total. The number of carboxylic acids is 1. The highest BCUT2D eigenvalue weighted by Crippen LogP contribution is 2.22. The summed E-state index contributed by atoms with van der Waals surface area (Å²) < 4.78 is 24.9. The fraction of sp³-hybridized carbons (Fsp3) is 0.500. The summed E-state index contributed by atoms with van der Waals surface area (Å²) in [5, 5.41) is 14.9. The van der Waals surface area contributed by atoms with Crippen molar-refractivity contribution in [3.63, 3.8) is 0 Å². The molecule has 1 fully saturated rings. The molecule has 19 heavy (non-hydrogen) atoms. The molecule has 1 aromatic rings. The Balaban J connectivity index is 2.51. The Morgan fingerprint density at radius 1 is 1.42 bits per heavy atom. The van der Waals surface area contributed by atoms with Gasteiger partial charge in [0.25, 0.3) is 20.6 Å². The maximum absolute atomic E-state index is 12.1. The second kappa shape index (κ2) is 4.59. The number of hydrogen-bond acceptors (Lipinski definition) is 7. The average Bonchev–Trinajstić information content (AvgIpc) is 2.77. The van der Waals surface area contributed by atoms with E-state index in [1.54, 1.807) is 10.1 Å². The van der Waals surface area contributed by atoms with Crippen LogP contribution in [0, 0.1) is 0 Å². The lowest BCUT2D eigenvalue weighted by atomic mass is 10.2. The van der Waals surface area contributed by atoms with E-state index in [4.69, 9.17) is 0 Å². The van der Waals surface area contributed by atoms with Gasteiger partial charge in [0, 0.05) is 6.54 Å². The van der Waals surface area contributed by atoms with Gasteiger partial charge in [-0.2, -0.15) is 9.40 Å². The molecule has 2 heterocycles. The zero-order chi connectivity index (χ0) is 14.2. The van der Waals surface area contributed by atoms with Crippen molar-refractivity contribution < 1.29 is 18.3 Å². The van der Waals surface area contributed by atoms with E-state index in [0.29, 0.717) is 10.7 Å². The van der Waals surface area contributed by atoms with Gasteiger partial charge in [-0.3, -0.25) is 9.78 Å². The molecule has 1 aliphatic heterocycles. The number of aliphatic carboxylic acids is 1. The molecule has 0 aromatic carbocycles. The van der Waals surface area contributed by atoms with Crippen LogP contribution in [0.1, 0.15) is 12.8 Å². The van der Waals surface area contributed by atoms with Crippen LogP contribution in [0.4, 0.5) is 0 Å². The highest BCUT2D eigenvalue weighted by molar-refractivity contribution is 7.89. The fourth-order valence-electron chi connectivity index (χ4n) is 1.89. The molecule has 104 valence electrons. The molecule has 0 amide bonds. The number of nitrogens with one attached hydrogen (secondary N) is 2. The third-order valence-electron chi connectivity index (χ3n) is 2.71. The number of carbonyl (C=O) groups excluding carboxylic acids is 1. The predicted octanol–water partition coefficient (Wildman–Crippen LogP) is -3.64. The molecule has 0 saturated carbocycles. The lowest BCUT2D eigenvalue weighted by Gasteiger charge is -2.23. The third kappa shape index (κ3) is 2.29. The SMILES string of the molecule is O=C([O-])[C@@H]1CCCN1S(=O)(=O)c1n[nH]c(=O)[nH]c1=O. The molecule has 1 atom stereocenters. The van der Waals surface area contributed by atoms with Crippen LogP contribution in [0.15, 0.2) is 14.6 Å². The van der Waals surface area contributed by atoms with Crippen LogP contribution in [0.5, 0.6) is 0 Å². The van der Waals surface area contributed by atoms with Gasteiger partial charge < -0.3 is 9.90 Å². The number of nitrogens with zero attached hydrogens (tertiary/aromatic N) is 2. The van der Waals surface area contributed by atoms with Crippen LogP contribution in [0.25, 0.3) is 0 Å². The number of hydrogen-bond donors (Lipinski definition) is 2. The van der Waals surface area contributed by atoms with Crippen molar-refractivity contribution in [3.8, 4) is 0 Å². The largest absolute Gasteiger partial charge is 0.548 e. The van der Waals surface area contributed by atoms with Crippen LogP contribution in [-0.4, -0.2) is 46.5 Å². The molecular weight excluding hydrogens is 280 g/mol. The van der Waals surface area contributed by atoms with E-state index in [0.717, 1.165) is 0 Å². The summed E-state index contributed by atoms with van der Waals surface area (Å²) in [7, 11) is -4.39. The monoisotopic (exact) mass is 289 g/mol. The smallest absolute Gasteiger partial charge is 0.342 e. The van der Waals surface area contributed by atoms with Crippen LogP contribution in [-0.2, 0) is 14.8 Å². The minimum absolute atomic E-state index is 0.0543. The first-order valence-corrected chi connectivity index (χ1v) is 6.70. The number of rotatable bonds is 3. The van der Waals surface area contributed by atoms with E-state index in [9.17, 15) is 27.9 Å². The molecule has 0 bridgehead atoms. The summed E-state index contributed by atoms with van der Waals surface area (Å²) in [4.78, 5) is 34.8. The molecule has 0 radical (unpaired) electrons. The average molecular weight is 289 g/mol. The molecule has 1 saturated heterocycles. The van der Waals surface area contributed by atoms with Gasteiger partial charge in [-0.1, -0.05) is 0 Å². The topological polar surface area (TPSA) is 156 Å². The van der Waals surface area contributed by atoms with Crippen molar-refractivity contribution in [2.24, 2.45) is 0 Å². The van der Waals surface area contributed by atoms with Crippen molar-refractivity contribution in [1.29, 1.82) is 0 Å². The minimum Gasteiger partial charge on any atom is -0.548 e. The molecule has 1 aliphatic rings. The molecular formula is C8H9N4O6S-. The second-order valence-corrected chi connectivity index (χ2v) is 5.71. The Hall–Kier alpha value is -2.01. The lowest BCUT2D eigenvalue weighted by molar-refractivity contribution is -0.309. The second-order valence-electron chi connectivity index (χ2n) is 3.90. The summed E-state index contributed by atoms with van der Waals surface area (Å²) in [5.74, 6) is -1.54. The van der Waals surface area contributed by atoms with Gasteiger partial charge in [0.15, 0.2) is 0 Å². The number of H-pyrrole nitrogens is 2. The van der Waals surface area contributed by atoms with Gasteiger partial charge in [0.2, 0.25) is 0 Å². The lowest BCUT2D eigenvalue weighted by Crippen LogP contribution is -2.48. The van der Waals surface area contributed by atoms with E-state index in [1.165, 1.54) is 0 Å². The zero-order valence-corrected chi connectivity index (χ0v) is 10.3. The summed E-state index contributed by atoms with van der Waals surface area (Å²) >= 11 is 0. The number of sulfonamides is 1. The van der Waals surface area contributed by atoms with Gasteiger partial charge in [0.1, 0.15) is 0 Å². The van der Waals surface area contributed by atoms with Crippen LogP contribution in [0.3, 0.4) is 0 Å². The maximum Gasteiger partial charge on any atom is 0.342 e. The highest BCUT2D eigenvalue weighted by Gasteiger charge is 2.38. The van der Waals surface area contributed by atoms with Gasteiger partial charge in [-0.05, 0) is 12.8 Å². The van der Waals surface area contributed by atoms with E-state index >= 15 is 0 Å². The molecule has 11 heteroatoms. The predicted molar refractivity (Wildman–Crippen MR) is 57.4 cm³/mol. The molecule has 0 aliphatic carbocycles. The van der Waals surface area contributed by atoms with Crippen molar-refractivity contribution >= 4 is 16.0 Å². The summed E-state index contributed by atoms with van der Waals surface area (Å²) in [6.45, 7) is -0.0543. The number of aromatic amines is 2. The molecule has 1 aromatic heterocycles. The molecule has 0 spiro atoms. The Labute approximate surface area is 106 Å². The summed E-state index contributed by atoms with van der Waals surface area (Å²) in [6.07, 6.45) is 0.432. The number of aromatic nitrogens is 3. The van der Waals surface area contributed by atoms with Crippen LogP contribution >= 0.6 is 0 Å². The fourth-order valence-corrected chi connectivity index (χ4v) is 3.45. The quantitative estimate of drug-likeness (QED) is 0.581. The zero-order valence-electron chi connectivity index (χ0n) is 9.45. The van der Waals surface area contributed by atoms with E-state index in [1.807, 2.05) is 0 Å². The Morgan fingerprint density at radius 2 is 2.11 bits per heavy atom. The van der Waals surface area contributed by atoms with Gasteiger partial charge in [-0.25, -0.2) is 18.3 Å². The molecule has 2 rings (SSSR count). The van der Waals surface area contributed by atoms with Gasteiger partial charge in [0.05, 0.1) is 12.0 Å². The first kappa shape index (κ1) is 13.4. The van der Waals surface area contributed by atoms with Gasteiger partial charge >= 0.3 is 5.69 Å². The molecule has 2 N–H and O–H groups in total. The van der Waals surface area contributed by atoms with E-state index < -0.39 is 38.3 Å². The Bertz CT molecular complexity index is 719. The Kier molecular flexibility index (Phi) is 3.24. The van der Waals surface area contributed by atoms with Crippen molar-refractivity contribution in [3.05, 3.63) is 20.8 Å².